The molecule has 0 aliphatic heterocycles. The van der Waals surface area contributed by atoms with Gasteiger partial charge in [0.25, 0.3) is 5.91 Å². The number of nitrogens with one attached hydrogen (secondary N) is 1. The first-order valence-electron chi connectivity index (χ1n) is 6.58. The molecule has 0 radical (unpaired) electrons. The lowest BCUT2D eigenvalue weighted by Crippen LogP contribution is -2.38. The fourth-order valence-electron chi connectivity index (χ4n) is 1.63. The molecule has 0 atom stereocenters. The van der Waals surface area contributed by atoms with Gasteiger partial charge in [-0.3, -0.25) is 10.1 Å². The average molecular weight is 312 g/mol. The van der Waals surface area contributed by atoms with Crippen molar-refractivity contribution in [2.45, 2.75) is 6.92 Å². The lowest BCUT2D eigenvalue weighted by atomic mass is 10.2. The predicted molar refractivity (Wildman–Crippen MR) is 88.0 cm³/mol. The number of aliphatic imine (C=N–C) groups is 2. The molecule has 118 valence electrons. The van der Waals surface area contributed by atoms with Crippen molar-refractivity contribution in [3.8, 4) is 0 Å². The summed E-state index contributed by atoms with van der Waals surface area (Å²) < 4.78 is 0. The standard InChI is InChI=1S/C14H16N8O/c1-8-2-4-9(5-3-8)20-13(16)22-14(17)21-12(23)10-11(15)19-7-6-18-10/h2-7H,1H3,(H2,15,19)(H5,16,17,20,21,22,23). The summed E-state index contributed by atoms with van der Waals surface area (Å²) in [4.78, 5) is 27.3. The molecule has 0 saturated carbocycles. The first-order valence-corrected chi connectivity index (χ1v) is 6.58. The highest BCUT2D eigenvalue weighted by Gasteiger charge is 2.12. The van der Waals surface area contributed by atoms with Crippen molar-refractivity contribution in [1.82, 2.24) is 15.3 Å². The zero-order valence-electron chi connectivity index (χ0n) is 12.4. The second kappa shape index (κ2) is 6.98. The molecule has 9 nitrogen and oxygen atoms in total. The van der Waals surface area contributed by atoms with Gasteiger partial charge in [0.1, 0.15) is 0 Å². The Morgan fingerprint density at radius 1 is 1.13 bits per heavy atom. The number of hydrogen-bond acceptors (Lipinski definition) is 5. The zero-order valence-corrected chi connectivity index (χ0v) is 12.4. The van der Waals surface area contributed by atoms with Gasteiger partial charge < -0.3 is 17.2 Å². The highest BCUT2D eigenvalue weighted by atomic mass is 16.2. The summed E-state index contributed by atoms with van der Waals surface area (Å²) in [5, 5.41) is 2.31. The second-order valence-corrected chi connectivity index (χ2v) is 4.55. The number of hydrogen-bond donors (Lipinski definition) is 4. The van der Waals surface area contributed by atoms with Crippen LogP contribution in [0.5, 0.6) is 0 Å². The van der Waals surface area contributed by atoms with Crippen LogP contribution in [-0.2, 0) is 0 Å². The molecule has 0 fully saturated rings. The van der Waals surface area contributed by atoms with Crippen molar-refractivity contribution in [3.63, 3.8) is 0 Å². The average Bonchev–Trinajstić information content (AvgIpc) is 2.49. The SMILES string of the molecule is Cc1ccc(N=C(N)/N=C(\N)NC(=O)c2nccnc2N)cc1. The van der Waals surface area contributed by atoms with E-state index in [0.717, 1.165) is 5.56 Å². The zero-order chi connectivity index (χ0) is 16.8. The number of aryl methyl sites for hydroxylation is 1. The van der Waals surface area contributed by atoms with Crippen molar-refractivity contribution in [2.24, 2.45) is 21.5 Å². The monoisotopic (exact) mass is 312 g/mol. The summed E-state index contributed by atoms with van der Waals surface area (Å²) in [5.41, 5.74) is 18.5. The van der Waals surface area contributed by atoms with Gasteiger partial charge in [0.15, 0.2) is 11.5 Å². The Morgan fingerprint density at radius 2 is 1.78 bits per heavy atom. The van der Waals surface area contributed by atoms with Crippen LogP contribution in [-0.4, -0.2) is 27.8 Å². The van der Waals surface area contributed by atoms with Crippen LogP contribution in [0.3, 0.4) is 0 Å². The van der Waals surface area contributed by atoms with Gasteiger partial charge in [0, 0.05) is 12.4 Å². The minimum absolute atomic E-state index is 0.0147. The molecule has 1 amide bonds. The maximum atomic E-state index is 11.9. The molecule has 2 rings (SSSR count). The lowest BCUT2D eigenvalue weighted by molar-refractivity contribution is 0.0972. The maximum absolute atomic E-state index is 11.9. The highest BCUT2D eigenvalue weighted by molar-refractivity contribution is 6.08. The molecular formula is C14H16N8O. The van der Waals surface area contributed by atoms with Crippen molar-refractivity contribution in [3.05, 3.63) is 47.9 Å². The number of nitrogens with zero attached hydrogens (tertiary/aromatic N) is 4. The van der Waals surface area contributed by atoms with Gasteiger partial charge in [0.05, 0.1) is 5.69 Å². The number of carbonyl (C=O) groups is 1. The van der Waals surface area contributed by atoms with Gasteiger partial charge in [0.2, 0.25) is 11.9 Å². The number of amides is 1. The summed E-state index contributed by atoms with van der Waals surface area (Å²) in [6.07, 6.45) is 2.71. The van der Waals surface area contributed by atoms with E-state index < -0.39 is 5.91 Å². The van der Waals surface area contributed by atoms with E-state index in [2.05, 4.69) is 25.3 Å². The molecule has 7 N–H and O–H groups in total. The summed E-state index contributed by atoms with van der Waals surface area (Å²) in [7, 11) is 0. The van der Waals surface area contributed by atoms with Gasteiger partial charge in [-0.25, -0.2) is 15.0 Å². The summed E-state index contributed by atoms with van der Waals surface area (Å²) >= 11 is 0. The lowest BCUT2D eigenvalue weighted by Gasteiger charge is -2.05. The molecule has 2 aromatic rings. The molecule has 0 saturated heterocycles. The van der Waals surface area contributed by atoms with E-state index in [0.29, 0.717) is 5.69 Å². The van der Waals surface area contributed by atoms with Gasteiger partial charge >= 0.3 is 0 Å². The quantitative estimate of drug-likeness (QED) is 0.453. The van der Waals surface area contributed by atoms with E-state index in [1.54, 1.807) is 12.1 Å². The van der Waals surface area contributed by atoms with Crippen LogP contribution in [0.25, 0.3) is 0 Å². The number of nitrogens with two attached hydrogens (primary N) is 3. The molecule has 1 heterocycles. The fourth-order valence-corrected chi connectivity index (χ4v) is 1.63. The minimum atomic E-state index is -0.639. The first kappa shape index (κ1) is 15.9. The first-order chi connectivity index (χ1) is 11.0. The number of anilines is 1. The van der Waals surface area contributed by atoms with Crippen LogP contribution >= 0.6 is 0 Å². The third kappa shape index (κ3) is 4.49. The molecule has 0 aliphatic carbocycles. The summed E-state index contributed by atoms with van der Waals surface area (Å²) in [6.45, 7) is 1.96. The number of benzene rings is 1. The Balaban J connectivity index is 2.08. The van der Waals surface area contributed by atoms with E-state index in [-0.39, 0.29) is 23.4 Å². The van der Waals surface area contributed by atoms with Crippen LogP contribution in [0, 0.1) is 6.92 Å². The summed E-state index contributed by atoms with van der Waals surface area (Å²) in [6, 6.07) is 7.34. The van der Waals surface area contributed by atoms with E-state index in [4.69, 9.17) is 17.2 Å². The Morgan fingerprint density at radius 3 is 2.43 bits per heavy atom. The van der Waals surface area contributed by atoms with E-state index in [9.17, 15) is 4.79 Å². The van der Waals surface area contributed by atoms with Crippen LogP contribution in [0.4, 0.5) is 11.5 Å². The van der Waals surface area contributed by atoms with Crippen LogP contribution in [0.1, 0.15) is 16.1 Å². The molecule has 1 aromatic carbocycles. The Hall–Kier alpha value is -3.49. The Bertz CT molecular complexity index is 767. The molecule has 1 aromatic heterocycles. The summed E-state index contributed by atoms with van der Waals surface area (Å²) in [5.74, 6) is -0.980. The molecule has 0 unspecified atom stereocenters. The number of aromatic nitrogens is 2. The smallest absolute Gasteiger partial charge is 0.280 e. The topological polar surface area (TPSA) is 158 Å². The predicted octanol–water partition coefficient (Wildman–Crippen LogP) is 0.0581. The maximum Gasteiger partial charge on any atom is 0.280 e. The largest absolute Gasteiger partial charge is 0.382 e. The third-order valence-electron chi connectivity index (χ3n) is 2.70. The molecular weight excluding hydrogens is 296 g/mol. The number of rotatable bonds is 2. The van der Waals surface area contributed by atoms with Crippen LogP contribution < -0.4 is 22.5 Å². The molecule has 0 bridgehead atoms. The minimum Gasteiger partial charge on any atom is -0.382 e. The van der Waals surface area contributed by atoms with Gasteiger partial charge in [-0.1, -0.05) is 17.7 Å². The fraction of sp³-hybridized carbons (Fsp3) is 0.0714. The number of nitrogen functional groups attached to an aromatic ring is 1. The Kier molecular flexibility index (Phi) is 4.82. The van der Waals surface area contributed by atoms with Gasteiger partial charge in [-0.15, -0.1) is 0 Å². The van der Waals surface area contributed by atoms with E-state index in [1.807, 2.05) is 19.1 Å². The normalized spacial score (nSPS) is 12.0. The van der Waals surface area contributed by atoms with Crippen molar-refractivity contribution in [1.29, 1.82) is 0 Å². The highest BCUT2D eigenvalue weighted by Crippen LogP contribution is 2.12. The van der Waals surface area contributed by atoms with Crippen LogP contribution in [0.15, 0.2) is 46.6 Å². The molecule has 0 aliphatic rings. The van der Waals surface area contributed by atoms with E-state index >= 15 is 0 Å². The van der Waals surface area contributed by atoms with Gasteiger partial charge in [-0.05, 0) is 19.1 Å². The van der Waals surface area contributed by atoms with Crippen LogP contribution in [0.2, 0.25) is 0 Å². The van der Waals surface area contributed by atoms with Crippen molar-refractivity contribution < 1.29 is 4.79 Å². The van der Waals surface area contributed by atoms with E-state index in [1.165, 1.54) is 12.4 Å². The molecule has 23 heavy (non-hydrogen) atoms. The second-order valence-electron chi connectivity index (χ2n) is 4.55. The third-order valence-corrected chi connectivity index (χ3v) is 2.70. The van der Waals surface area contributed by atoms with Crippen molar-refractivity contribution >= 4 is 29.3 Å². The van der Waals surface area contributed by atoms with Gasteiger partial charge in [-0.2, -0.15) is 4.99 Å². The molecule has 9 heteroatoms. The molecule has 0 spiro atoms. The number of guanidine groups is 2. The van der Waals surface area contributed by atoms with Crippen molar-refractivity contribution in [2.75, 3.05) is 5.73 Å². The Labute approximate surface area is 132 Å². The number of carbonyl (C=O) groups excluding carboxylic acids is 1.